The first-order chi connectivity index (χ1) is 6.72. The Bertz CT molecular complexity index is 293. The number of carbonyl (C=O) groups is 1. The summed E-state index contributed by atoms with van der Waals surface area (Å²) in [6.07, 6.45) is 0. The molecular weight excluding hydrogens is 196 g/mol. The van der Waals surface area contributed by atoms with Crippen molar-refractivity contribution in [2.45, 2.75) is 11.8 Å². The standard InChI is InChI=1S/C11H14O2S/c1-9-3-5-11(6-4-9)14-8-10(12)7-13-2/h3-6H,7-8H2,1-2H3. The summed E-state index contributed by atoms with van der Waals surface area (Å²) in [4.78, 5) is 12.3. The monoisotopic (exact) mass is 210 g/mol. The first-order valence-electron chi connectivity index (χ1n) is 4.42. The van der Waals surface area contributed by atoms with E-state index in [1.54, 1.807) is 11.8 Å². The number of hydrogen-bond donors (Lipinski definition) is 0. The van der Waals surface area contributed by atoms with Crippen LogP contribution in [0.25, 0.3) is 0 Å². The van der Waals surface area contributed by atoms with E-state index < -0.39 is 0 Å². The summed E-state index contributed by atoms with van der Waals surface area (Å²) in [7, 11) is 1.54. The van der Waals surface area contributed by atoms with Gasteiger partial charge in [0.25, 0.3) is 0 Å². The van der Waals surface area contributed by atoms with E-state index in [9.17, 15) is 4.79 Å². The van der Waals surface area contributed by atoms with Gasteiger partial charge < -0.3 is 4.74 Å². The highest BCUT2D eigenvalue weighted by atomic mass is 32.2. The second kappa shape index (κ2) is 5.83. The second-order valence-corrected chi connectivity index (χ2v) is 4.12. The van der Waals surface area contributed by atoms with Crippen LogP contribution < -0.4 is 0 Å². The van der Waals surface area contributed by atoms with Gasteiger partial charge in [-0.05, 0) is 19.1 Å². The zero-order chi connectivity index (χ0) is 10.4. The van der Waals surface area contributed by atoms with Crippen LogP contribution in [0, 0.1) is 6.92 Å². The number of methoxy groups -OCH3 is 1. The van der Waals surface area contributed by atoms with Crippen molar-refractivity contribution in [3.8, 4) is 0 Å². The molecule has 1 aromatic carbocycles. The van der Waals surface area contributed by atoms with Crippen molar-refractivity contribution in [2.75, 3.05) is 19.5 Å². The average Bonchev–Trinajstić information content (AvgIpc) is 2.17. The molecule has 0 unspecified atom stereocenters. The van der Waals surface area contributed by atoms with Gasteiger partial charge in [-0.3, -0.25) is 4.79 Å². The first-order valence-corrected chi connectivity index (χ1v) is 5.41. The topological polar surface area (TPSA) is 26.3 Å². The van der Waals surface area contributed by atoms with E-state index in [2.05, 4.69) is 0 Å². The van der Waals surface area contributed by atoms with E-state index >= 15 is 0 Å². The van der Waals surface area contributed by atoms with E-state index in [0.717, 1.165) is 4.90 Å². The summed E-state index contributed by atoms with van der Waals surface area (Å²) in [5, 5.41) is 0. The Balaban J connectivity index is 2.38. The van der Waals surface area contributed by atoms with Crippen molar-refractivity contribution >= 4 is 17.5 Å². The van der Waals surface area contributed by atoms with Gasteiger partial charge in [0.2, 0.25) is 0 Å². The van der Waals surface area contributed by atoms with E-state index in [1.165, 1.54) is 12.7 Å². The Morgan fingerprint density at radius 2 is 2.00 bits per heavy atom. The van der Waals surface area contributed by atoms with Crippen molar-refractivity contribution in [2.24, 2.45) is 0 Å². The van der Waals surface area contributed by atoms with Gasteiger partial charge in [-0.2, -0.15) is 0 Å². The molecule has 0 bridgehead atoms. The summed E-state index contributed by atoms with van der Waals surface area (Å²) < 4.78 is 4.75. The lowest BCUT2D eigenvalue weighted by Gasteiger charge is -2.01. The third kappa shape index (κ3) is 3.94. The van der Waals surface area contributed by atoms with Crippen molar-refractivity contribution in [3.05, 3.63) is 29.8 Å². The number of Topliss-reactive ketones (excluding diaryl/α,β-unsaturated/α-hetero) is 1. The molecule has 0 heterocycles. The lowest BCUT2D eigenvalue weighted by atomic mass is 10.2. The van der Waals surface area contributed by atoms with Gasteiger partial charge in [-0.25, -0.2) is 0 Å². The summed E-state index contributed by atoms with van der Waals surface area (Å²) in [5.41, 5.74) is 1.23. The number of benzene rings is 1. The van der Waals surface area contributed by atoms with Gasteiger partial charge in [0.1, 0.15) is 6.61 Å². The third-order valence-electron chi connectivity index (χ3n) is 1.73. The number of thioether (sulfide) groups is 1. The number of aryl methyl sites for hydroxylation is 1. The highest BCUT2D eigenvalue weighted by Gasteiger charge is 2.01. The molecule has 0 atom stereocenters. The quantitative estimate of drug-likeness (QED) is 0.698. The molecule has 1 rings (SSSR count). The zero-order valence-corrected chi connectivity index (χ0v) is 9.26. The van der Waals surface area contributed by atoms with Gasteiger partial charge in [0, 0.05) is 12.0 Å². The number of rotatable bonds is 5. The van der Waals surface area contributed by atoms with Crippen LogP contribution in [0.4, 0.5) is 0 Å². The van der Waals surface area contributed by atoms with Crippen molar-refractivity contribution in [1.82, 2.24) is 0 Å². The number of hydrogen-bond acceptors (Lipinski definition) is 3. The van der Waals surface area contributed by atoms with Gasteiger partial charge in [0.15, 0.2) is 5.78 Å². The van der Waals surface area contributed by atoms with Gasteiger partial charge >= 0.3 is 0 Å². The first kappa shape index (κ1) is 11.3. The molecule has 1 aromatic rings. The van der Waals surface area contributed by atoms with E-state index in [0.29, 0.717) is 5.75 Å². The Morgan fingerprint density at radius 1 is 1.36 bits per heavy atom. The highest BCUT2D eigenvalue weighted by molar-refractivity contribution is 8.00. The molecular formula is C11H14O2S. The summed E-state index contributed by atoms with van der Waals surface area (Å²) in [6, 6.07) is 8.15. The van der Waals surface area contributed by atoms with Crippen LogP contribution in [0.1, 0.15) is 5.56 Å². The summed E-state index contributed by atoms with van der Waals surface area (Å²) >= 11 is 1.55. The zero-order valence-electron chi connectivity index (χ0n) is 8.45. The maximum atomic E-state index is 11.1. The van der Waals surface area contributed by atoms with Crippen LogP contribution in [-0.4, -0.2) is 25.3 Å². The molecule has 0 fully saturated rings. The molecule has 76 valence electrons. The molecule has 2 nitrogen and oxygen atoms in total. The van der Waals surface area contributed by atoms with Gasteiger partial charge in [-0.1, -0.05) is 17.7 Å². The predicted octanol–water partition coefficient (Wildman–Crippen LogP) is 2.30. The van der Waals surface area contributed by atoms with Crippen LogP contribution >= 0.6 is 11.8 Å². The molecule has 0 saturated heterocycles. The van der Waals surface area contributed by atoms with Gasteiger partial charge in [-0.15, -0.1) is 11.8 Å². The molecule has 0 aliphatic heterocycles. The third-order valence-corrected chi connectivity index (χ3v) is 2.80. The smallest absolute Gasteiger partial charge is 0.168 e. The van der Waals surface area contributed by atoms with E-state index in [1.807, 2.05) is 31.2 Å². The van der Waals surface area contributed by atoms with Crippen molar-refractivity contribution in [1.29, 1.82) is 0 Å². The largest absolute Gasteiger partial charge is 0.377 e. The average molecular weight is 210 g/mol. The molecule has 0 amide bonds. The normalized spacial score (nSPS) is 10.1. The molecule has 0 aromatic heterocycles. The number of ketones is 1. The van der Waals surface area contributed by atoms with Gasteiger partial charge in [0.05, 0.1) is 5.75 Å². The Kier molecular flexibility index (Phi) is 4.70. The van der Waals surface area contributed by atoms with E-state index in [4.69, 9.17) is 4.74 Å². The summed E-state index contributed by atoms with van der Waals surface area (Å²) in [6.45, 7) is 2.25. The van der Waals surface area contributed by atoms with Crippen LogP contribution in [0.2, 0.25) is 0 Å². The molecule has 3 heteroatoms. The minimum Gasteiger partial charge on any atom is -0.377 e. The lowest BCUT2D eigenvalue weighted by Crippen LogP contribution is -2.08. The molecule has 0 aliphatic carbocycles. The maximum absolute atomic E-state index is 11.1. The van der Waals surface area contributed by atoms with Crippen LogP contribution in [0.15, 0.2) is 29.2 Å². The molecule has 0 N–H and O–H groups in total. The molecule has 0 saturated carbocycles. The highest BCUT2D eigenvalue weighted by Crippen LogP contribution is 2.17. The molecule has 0 radical (unpaired) electrons. The van der Waals surface area contributed by atoms with Crippen LogP contribution in [-0.2, 0) is 9.53 Å². The van der Waals surface area contributed by atoms with E-state index in [-0.39, 0.29) is 12.4 Å². The van der Waals surface area contributed by atoms with Crippen molar-refractivity contribution in [3.63, 3.8) is 0 Å². The minimum atomic E-state index is 0.123. The predicted molar refractivity (Wildman–Crippen MR) is 58.8 cm³/mol. The Labute approximate surface area is 88.7 Å². The SMILES string of the molecule is COCC(=O)CSc1ccc(C)cc1. The van der Waals surface area contributed by atoms with Crippen LogP contribution in [0.3, 0.4) is 0 Å². The Morgan fingerprint density at radius 3 is 2.57 bits per heavy atom. The second-order valence-electron chi connectivity index (χ2n) is 3.07. The van der Waals surface area contributed by atoms with Crippen LogP contribution in [0.5, 0.6) is 0 Å². The number of ether oxygens (including phenoxy) is 1. The fraction of sp³-hybridized carbons (Fsp3) is 0.364. The number of carbonyl (C=O) groups excluding carboxylic acids is 1. The van der Waals surface area contributed by atoms with Crippen molar-refractivity contribution < 1.29 is 9.53 Å². The Hall–Kier alpha value is -0.800. The maximum Gasteiger partial charge on any atom is 0.168 e. The summed E-state index contributed by atoms with van der Waals surface area (Å²) in [5.74, 6) is 0.606. The molecule has 14 heavy (non-hydrogen) atoms. The minimum absolute atomic E-state index is 0.123. The molecule has 0 spiro atoms. The molecule has 0 aliphatic rings. The fourth-order valence-electron chi connectivity index (χ4n) is 1.00. The lowest BCUT2D eigenvalue weighted by molar-refractivity contribution is -0.120. The fourth-order valence-corrected chi connectivity index (χ4v) is 1.74.